The molecule has 8 nitrogen and oxygen atoms in total. The number of fused-ring (bicyclic) bond motifs is 1. The molecule has 1 saturated heterocycles. The zero-order chi connectivity index (χ0) is 19.9. The number of hydrogen-bond donors (Lipinski definition) is 1. The van der Waals surface area contributed by atoms with E-state index in [1.54, 1.807) is 7.11 Å². The van der Waals surface area contributed by atoms with Gasteiger partial charge in [0.25, 0.3) is 11.8 Å². The number of sulfonamides is 1. The highest BCUT2D eigenvalue weighted by Crippen LogP contribution is 2.30. The molecule has 0 spiro atoms. The maximum Gasteiger partial charge on any atom is 0.258 e. The van der Waals surface area contributed by atoms with E-state index in [2.05, 4.69) is 10.2 Å². The minimum Gasteiger partial charge on any atom is -0.495 e. The van der Waals surface area contributed by atoms with Crippen molar-refractivity contribution >= 4 is 27.5 Å². The minimum atomic E-state index is -3.76. The van der Waals surface area contributed by atoms with E-state index in [0.717, 1.165) is 11.4 Å². The van der Waals surface area contributed by atoms with Crippen LogP contribution in [0.15, 0.2) is 47.4 Å². The molecular formula is C19H19N3O5S. The van der Waals surface area contributed by atoms with E-state index in [1.165, 1.54) is 22.5 Å². The van der Waals surface area contributed by atoms with Gasteiger partial charge in [0, 0.05) is 26.2 Å². The Balaban J connectivity index is 1.54. The van der Waals surface area contributed by atoms with Crippen LogP contribution in [0.25, 0.3) is 0 Å². The largest absolute Gasteiger partial charge is 0.495 e. The van der Waals surface area contributed by atoms with Gasteiger partial charge in [-0.05, 0) is 30.3 Å². The molecular weight excluding hydrogens is 382 g/mol. The lowest BCUT2D eigenvalue weighted by atomic mass is 10.1. The Morgan fingerprint density at radius 2 is 1.61 bits per heavy atom. The van der Waals surface area contributed by atoms with Crippen molar-refractivity contribution in [2.45, 2.75) is 4.90 Å². The second-order valence-electron chi connectivity index (χ2n) is 6.55. The molecule has 2 heterocycles. The Hall–Kier alpha value is -2.91. The fourth-order valence-electron chi connectivity index (χ4n) is 3.52. The minimum absolute atomic E-state index is 0.0156. The zero-order valence-corrected chi connectivity index (χ0v) is 16.0. The molecule has 0 aliphatic carbocycles. The number of rotatable bonds is 4. The van der Waals surface area contributed by atoms with Crippen LogP contribution < -0.4 is 15.0 Å². The molecule has 0 aromatic heterocycles. The average Bonchev–Trinajstić information content (AvgIpc) is 3.01. The molecule has 0 bridgehead atoms. The number of carbonyl (C=O) groups excluding carboxylic acids is 2. The number of nitrogens with zero attached hydrogens (tertiary/aromatic N) is 2. The summed E-state index contributed by atoms with van der Waals surface area (Å²) in [6.45, 7) is 1.65. The van der Waals surface area contributed by atoms with E-state index in [-0.39, 0.29) is 16.0 Å². The molecule has 0 radical (unpaired) electrons. The van der Waals surface area contributed by atoms with Crippen molar-refractivity contribution in [3.05, 3.63) is 53.6 Å². The number of methoxy groups -OCH3 is 1. The number of ether oxygens (including phenoxy) is 1. The molecule has 1 fully saturated rings. The number of amides is 2. The molecule has 0 unspecified atom stereocenters. The molecule has 4 rings (SSSR count). The Morgan fingerprint density at radius 3 is 2.32 bits per heavy atom. The van der Waals surface area contributed by atoms with Crippen molar-refractivity contribution in [3.8, 4) is 5.75 Å². The Bertz CT molecular complexity index is 1060. The second kappa shape index (κ2) is 6.92. The quantitative estimate of drug-likeness (QED) is 0.771. The van der Waals surface area contributed by atoms with Gasteiger partial charge in [0.15, 0.2) is 0 Å². The third-order valence-corrected chi connectivity index (χ3v) is 6.90. The summed E-state index contributed by atoms with van der Waals surface area (Å²) >= 11 is 0. The molecule has 2 aliphatic heterocycles. The van der Waals surface area contributed by atoms with Gasteiger partial charge in [-0.25, -0.2) is 8.42 Å². The molecule has 9 heteroatoms. The lowest BCUT2D eigenvalue weighted by Crippen LogP contribution is -2.48. The summed E-state index contributed by atoms with van der Waals surface area (Å²) in [6, 6.07) is 11.6. The number of anilines is 1. The van der Waals surface area contributed by atoms with Gasteiger partial charge in [-0.1, -0.05) is 12.1 Å². The van der Waals surface area contributed by atoms with Crippen LogP contribution >= 0.6 is 0 Å². The molecule has 28 heavy (non-hydrogen) atoms. The van der Waals surface area contributed by atoms with E-state index in [1.807, 2.05) is 24.3 Å². The van der Waals surface area contributed by atoms with Gasteiger partial charge in [-0.15, -0.1) is 0 Å². The number of piperazine rings is 1. The van der Waals surface area contributed by atoms with Crippen LogP contribution in [0.3, 0.4) is 0 Å². The summed E-state index contributed by atoms with van der Waals surface area (Å²) in [5.41, 5.74) is 1.22. The van der Waals surface area contributed by atoms with E-state index >= 15 is 0 Å². The van der Waals surface area contributed by atoms with Crippen LogP contribution in [0.1, 0.15) is 20.7 Å². The van der Waals surface area contributed by atoms with Gasteiger partial charge in [-0.3, -0.25) is 14.9 Å². The normalized spacial score (nSPS) is 17.4. The monoisotopic (exact) mass is 401 g/mol. The number of para-hydroxylation sites is 2. The Morgan fingerprint density at radius 1 is 0.929 bits per heavy atom. The highest BCUT2D eigenvalue weighted by Gasteiger charge is 2.33. The Kier molecular flexibility index (Phi) is 4.56. The summed E-state index contributed by atoms with van der Waals surface area (Å²) < 4.78 is 32.8. The number of imide groups is 1. The molecule has 0 atom stereocenters. The smallest absolute Gasteiger partial charge is 0.258 e. The van der Waals surface area contributed by atoms with E-state index in [9.17, 15) is 18.0 Å². The third kappa shape index (κ3) is 3.02. The summed E-state index contributed by atoms with van der Waals surface area (Å²) in [7, 11) is -2.16. The fraction of sp³-hybridized carbons (Fsp3) is 0.263. The number of nitrogens with one attached hydrogen (secondary N) is 1. The maximum absolute atomic E-state index is 13.0. The lowest BCUT2D eigenvalue weighted by molar-refractivity contribution is 0.0879. The summed E-state index contributed by atoms with van der Waals surface area (Å²) in [5.74, 6) is -0.333. The van der Waals surface area contributed by atoms with Crippen LogP contribution in [-0.4, -0.2) is 57.8 Å². The van der Waals surface area contributed by atoms with Crippen LogP contribution in [0.4, 0.5) is 5.69 Å². The first-order chi connectivity index (χ1) is 13.4. The van der Waals surface area contributed by atoms with Gasteiger partial charge >= 0.3 is 0 Å². The topological polar surface area (TPSA) is 96.0 Å². The van der Waals surface area contributed by atoms with Gasteiger partial charge in [-0.2, -0.15) is 4.31 Å². The van der Waals surface area contributed by atoms with Crippen molar-refractivity contribution in [1.29, 1.82) is 0 Å². The first-order valence-electron chi connectivity index (χ1n) is 8.79. The predicted molar refractivity (Wildman–Crippen MR) is 102 cm³/mol. The number of benzene rings is 2. The third-order valence-electron chi connectivity index (χ3n) is 5.01. The summed E-state index contributed by atoms with van der Waals surface area (Å²) in [6.07, 6.45) is 0. The lowest BCUT2D eigenvalue weighted by Gasteiger charge is -2.35. The van der Waals surface area contributed by atoms with Crippen molar-refractivity contribution in [2.75, 3.05) is 38.2 Å². The van der Waals surface area contributed by atoms with Crippen molar-refractivity contribution in [3.63, 3.8) is 0 Å². The average molecular weight is 401 g/mol. The fourth-order valence-corrected chi connectivity index (χ4v) is 4.97. The van der Waals surface area contributed by atoms with Crippen LogP contribution in [0, 0.1) is 0 Å². The predicted octanol–water partition coefficient (Wildman–Crippen LogP) is 1.09. The SMILES string of the molecule is COc1ccccc1N1CCN(S(=O)(=O)c2ccc3c(c2)C(=O)NC3=O)CC1. The van der Waals surface area contributed by atoms with Gasteiger partial charge < -0.3 is 9.64 Å². The summed E-state index contributed by atoms with van der Waals surface area (Å²) in [5, 5.41) is 2.17. The first-order valence-corrected chi connectivity index (χ1v) is 10.2. The number of hydrogen-bond acceptors (Lipinski definition) is 6. The molecule has 2 amide bonds. The van der Waals surface area contributed by atoms with E-state index in [4.69, 9.17) is 4.74 Å². The maximum atomic E-state index is 13.0. The van der Waals surface area contributed by atoms with Crippen molar-refractivity contribution < 1.29 is 22.7 Å². The van der Waals surface area contributed by atoms with Gasteiger partial charge in [0.05, 0.1) is 28.8 Å². The standard InChI is InChI=1S/C19H19N3O5S/c1-27-17-5-3-2-4-16(17)21-8-10-22(11-9-21)28(25,26)13-6-7-14-15(12-13)19(24)20-18(14)23/h2-7,12H,8-11H2,1H3,(H,20,23,24). The zero-order valence-electron chi connectivity index (χ0n) is 15.2. The van der Waals surface area contributed by atoms with Gasteiger partial charge in [0.2, 0.25) is 10.0 Å². The van der Waals surface area contributed by atoms with Crippen LogP contribution in [-0.2, 0) is 10.0 Å². The second-order valence-corrected chi connectivity index (χ2v) is 8.49. The van der Waals surface area contributed by atoms with Crippen molar-refractivity contribution in [1.82, 2.24) is 9.62 Å². The number of carbonyl (C=O) groups is 2. The molecule has 1 N–H and O–H groups in total. The van der Waals surface area contributed by atoms with Gasteiger partial charge in [0.1, 0.15) is 5.75 Å². The molecule has 2 aliphatic rings. The van der Waals surface area contributed by atoms with E-state index < -0.39 is 21.8 Å². The van der Waals surface area contributed by atoms with Crippen LogP contribution in [0.2, 0.25) is 0 Å². The highest BCUT2D eigenvalue weighted by molar-refractivity contribution is 7.89. The van der Waals surface area contributed by atoms with Crippen LogP contribution in [0.5, 0.6) is 5.75 Å². The summed E-state index contributed by atoms with van der Waals surface area (Å²) in [4.78, 5) is 25.6. The first kappa shape index (κ1) is 18.5. The molecule has 2 aromatic rings. The van der Waals surface area contributed by atoms with E-state index in [0.29, 0.717) is 26.2 Å². The molecule has 0 saturated carbocycles. The molecule has 2 aromatic carbocycles. The molecule has 146 valence electrons. The van der Waals surface area contributed by atoms with Crippen molar-refractivity contribution in [2.24, 2.45) is 0 Å². The highest BCUT2D eigenvalue weighted by atomic mass is 32.2. The Labute approximate surface area is 162 Å².